The molecule has 0 saturated heterocycles. The highest BCUT2D eigenvalue weighted by atomic mass is 16.8. The predicted octanol–water partition coefficient (Wildman–Crippen LogP) is 4.21. The van der Waals surface area contributed by atoms with Gasteiger partial charge in [0.2, 0.25) is 0 Å². The number of carbonyl (C=O) groups excluding carboxylic acids is 1. The van der Waals surface area contributed by atoms with Gasteiger partial charge in [0.05, 0.1) is 18.3 Å². The molecule has 0 fully saturated rings. The van der Waals surface area contributed by atoms with Crippen molar-refractivity contribution in [2.75, 3.05) is 7.11 Å². The Labute approximate surface area is 144 Å². The molecule has 2 heterocycles. The van der Waals surface area contributed by atoms with Crippen molar-refractivity contribution in [1.82, 2.24) is 10.1 Å². The van der Waals surface area contributed by atoms with Gasteiger partial charge in [-0.1, -0.05) is 24.3 Å². The van der Waals surface area contributed by atoms with Crippen molar-refractivity contribution in [1.29, 1.82) is 0 Å². The number of nitrogens with zero attached hydrogens (tertiary/aromatic N) is 2. The third kappa shape index (κ3) is 3.71. The van der Waals surface area contributed by atoms with Crippen LogP contribution in [0.4, 0.5) is 4.79 Å². The summed E-state index contributed by atoms with van der Waals surface area (Å²) in [6, 6.07) is 11.3. The van der Waals surface area contributed by atoms with E-state index >= 15 is 0 Å². The van der Waals surface area contributed by atoms with E-state index in [0.29, 0.717) is 11.3 Å². The molecule has 0 amide bonds. The lowest BCUT2D eigenvalue weighted by Crippen LogP contribution is -2.26. The van der Waals surface area contributed by atoms with E-state index in [1.165, 1.54) is 7.11 Å². The molecule has 1 aromatic carbocycles. The Morgan fingerprint density at radius 1 is 1.12 bits per heavy atom. The number of carbonyl (C=O) groups is 1. The van der Waals surface area contributed by atoms with Crippen molar-refractivity contribution in [3.8, 4) is 23.1 Å². The minimum Gasteiger partial charge on any atom is -0.478 e. The summed E-state index contributed by atoms with van der Waals surface area (Å²) in [6.45, 7) is 5.21. The van der Waals surface area contributed by atoms with Crippen LogP contribution in [0.2, 0.25) is 0 Å². The first-order chi connectivity index (χ1) is 11.9. The van der Waals surface area contributed by atoms with Crippen LogP contribution in [0.1, 0.15) is 20.8 Å². The number of aromatic nitrogens is 2. The zero-order chi connectivity index (χ0) is 18.0. The molecule has 0 atom stereocenters. The van der Waals surface area contributed by atoms with Crippen LogP contribution >= 0.6 is 0 Å². The van der Waals surface area contributed by atoms with Gasteiger partial charge in [-0.25, -0.2) is 9.78 Å². The van der Waals surface area contributed by atoms with Crippen molar-refractivity contribution in [2.45, 2.75) is 26.4 Å². The van der Waals surface area contributed by atoms with E-state index in [9.17, 15) is 4.79 Å². The maximum Gasteiger partial charge on any atom is 0.516 e. The van der Waals surface area contributed by atoms with Crippen LogP contribution in [0.25, 0.3) is 22.2 Å². The number of rotatable bonds is 3. The highest BCUT2D eigenvalue weighted by Gasteiger charge is 2.26. The van der Waals surface area contributed by atoms with E-state index in [1.54, 1.807) is 26.8 Å². The van der Waals surface area contributed by atoms with Gasteiger partial charge < -0.3 is 18.7 Å². The summed E-state index contributed by atoms with van der Waals surface area (Å²) in [7, 11) is 1.44. The molecule has 0 aliphatic rings. The normalized spacial score (nSPS) is 11.4. The standard InChI is InChI=1S/C18H18N2O5/c1-18(2,3)24-17(21)23-16-14(15(22-4)20-25-16)13-10-9-11-7-5-6-8-12(11)19-13/h5-10H,1-4H3. The lowest BCUT2D eigenvalue weighted by molar-refractivity contribution is 0.0147. The first-order valence-corrected chi connectivity index (χ1v) is 7.68. The van der Waals surface area contributed by atoms with E-state index in [1.807, 2.05) is 30.3 Å². The zero-order valence-corrected chi connectivity index (χ0v) is 14.4. The summed E-state index contributed by atoms with van der Waals surface area (Å²) in [5.41, 5.74) is 0.948. The molecule has 25 heavy (non-hydrogen) atoms. The second-order valence-electron chi connectivity index (χ2n) is 6.31. The molecule has 0 N–H and O–H groups in total. The molecule has 7 nitrogen and oxygen atoms in total. The van der Waals surface area contributed by atoms with Crippen LogP contribution in [-0.2, 0) is 4.74 Å². The minimum atomic E-state index is -0.895. The van der Waals surface area contributed by atoms with Crippen molar-refractivity contribution in [3.05, 3.63) is 36.4 Å². The molecular formula is C18H18N2O5. The van der Waals surface area contributed by atoms with Gasteiger partial charge in [0.25, 0.3) is 5.88 Å². The highest BCUT2D eigenvalue weighted by Crippen LogP contribution is 2.38. The van der Waals surface area contributed by atoms with Crippen molar-refractivity contribution in [2.24, 2.45) is 0 Å². The maximum absolute atomic E-state index is 11.9. The molecule has 0 radical (unpaired) electrons. The van der Waals surface area contributed by atoms with Gasteiger partial charge >= 0.3 is 12.1 Å². The Morgan fingerprint density at radius 2 is 1.88 bits per heavy atom. The van der Waals surface area contributed by atoms with Gasteiger partial charge in [0.15, 0.2) is 0 Å². The number of hydrogen-bond donors (Lipinski definition) is 0. The molecular weight excluding hydrogens is 324 g/mol. The number of methoxy groups -OCH3 is 1. The van der Waals surface area contributed by atoms with Crippen molar-refractivity contribution < 1.29 is 23.5 Å². The van der Waals surface area contributed by atoms with Gasteiger partial charge in [0.1, 0.15) is 11.2 Å². The van der Waals surface area contributed by atoms with Crippen LogP contribution in [0, 0.1) is 0 Å². The topological polar surface area (TPSA) is 83.7 Å². The van der Waals surface area contributed by atoms with Gasteiger partial charge in [-0.3, -0.25) is 0 Å². The van der Waals surface area contributed by atoms with Crippen LogP contribution in [0.5, 0.6) is 11.8 Å². The number of fused-ring (bicyclic) bond motifs is 1. The Bertz CT molecular complexity index is 911. The minimum absolute atomic E-state index is 0.131. The number of benzene rings is 1. The molecule has 0 aliphatic heterocycles. The molecule has 0 bridgehead atoms. The van der Waals surface area contributed by atoms with Crippen LogP contribution in [0.15, 0.2) is 40.9 Å². The third-order valence-electron chi connectivity index (χ3n) is 3.24. The first kappa shape index (κ1) is 16.8. The van der Waals surface area contributed by atoms with Crippen LogP contribution in [-0.4, -0.2) is 29.0 Å². The average molecular weight is 342 g/mol. The maximum atomic E-state index is 11.9. The summed E-state index contributed by atoms with van der Waals surface area (Å²) < 4.78 is 20.6. The van der Waals surface area contributed by atoms with E-state index in [4.69, 9.17) is 18.7 Å². The first-order valence-electron chi connectivity index (χ1n) is 7.68. The predicted molar refractivity (Wildman–Crippen MR) is 90.7 cm³/mol. The number of hydrogen-bond acceptors (Lipinski definition) is 7. The van der Waals surface area contributed by atoms with E-state index in [2.05, 4.69) is 10.1 Å². The Kier molecular flexibility index (Phi) is 4.31. The average Bonchev–Trinajstić information content (AvgIpc) is 2.95. The van der Waals surface area contributed by atoms with Crippen molar-refractivity contribution >= 4 is 17.1 Å². The molecule has 7 heteroatoms. The largest absolute Gasteiger partial charge is 0.516 e. The van der Waals surface area contributed by atoms with Crippen molar-refractivity contribution in [3.63, 3.8) is 0 Å². The summed E-state index contributed by atoms with van der Waals surface area (Å²) in [4.78, 5) is 16.5. The SMILES string of the molecule is COc1noc(OC(=O)OC(C)(C)C)c1-c1ccc2ccccc2n1. The summed E-state index contributed by atoms with van der Waals surface area (Å²) in [5, 5.41) is 4.75. The second kappa shape index (κ2) is 6.43. The quantitative estimate of drug-likeness (QED) is 0.659. The van der Waals surface area contributed by atoms with Gasteiger partial charge in [0, 0.05) is 5.39 Å². The molecule has 2 aromatic heterocycles. The summed E-state index contributed by atoms with van der Waals surface area (Å²) >= 11 is 0. The molecule has 3 aromatic rings. The summed E-state index contributed by atoms with van der Waals surface area (Å²) in [5.74, 6) is 0.0372. The van der Waals surface area contributed by atoms with E-state index < -0.39 is 11.8 Å². The van der Waals surface area contributed by atoms with Gasteiger partial charge in [-0.15, -0.1) is 0 Å². The van der Waals surface area contributed by atoms with Gasteiger partial charge in [-0.2, -0.15) is 0 Å². The Hall–Kier alpha value is -3.09. The lowest BCUT2D eigenvalue weighted by Gasteiger charge is -2.18. The van der Waals surface area contributed by atoms with E-state index in [-0.39, 0.29) is 11.8 Å². The molecule has 130 valence electrons. The monoisotopic (exact) mass is 342 g/mol. The molecule has 0 aliphatic carbocycles. The smallest absolute Gasteiger partial charge is 0.478 e. The molecule has 0 unspecified atom stereocenters. The Morgan fingerprint density at radius 3 is 2.60 bits per heavy atom. The van der Waals surface area contributed by atoms with Gasteiger partial charge in [-0.05, 0) is 38.1 Å². The number of para-hydroxylation sites is 1. The summed E-state index contributed by atoms with van der Waals surface area (Å²) in [6.07, 6.45) is -0.895. The number of pyridine rings is 1. The fourth-order valence-corrected chi connectivity index (χ4v) is 2.24. The third-order valence-corrected chi connectivity index (χ3v) is 3.24. The van der Waals surface area contributed by atoms with Crippen LogP contribution in [0.3, 0.4) is 0 Å². The molecule has 3 rings (SSSR count). The Balaban J connectivity index is 1.99. The fourth-order valence-electron chi connectivity index (χ4n) is 2.24. The van der Waals surface area contributed by atoms with E-state index in [0.717, 1.165) is 10.9 Å². The highest BCUT2D eigenvalue weighted by molar-refractivity contribution is 5.83. The lowest BCUT2D eigenvalue weighted by atomic mass is 10.1. The number of ether oxygens (including phenoxy) is 3. The fraction of sp³-hybridized carbons (Fsp3) is 0.278. The van der Waals surface area contributed by atoms with Crippen LogP contribution < -0.4 is 9.47 Å². The second-order valence-corrected chi connectivity index (χ2v) is 6.31. The molecule has 0 spiro atoms. The molecule has 0 saturated carbocycles. The zero-order valence-electron chi connectivity index (χ0n) is 14.4.